The molecule has 1 aromatic carbocycles. The van der Waals surface area contributed by atoms with Crippen molar-refractivity contribution >= 4 is 5.95 Å². The van der Waals surface area contributed by atoms with Crippen LogP contribution in [0.15, 0.2) is 30.5 Å². The Morgan fingerprint density at radius 1 is 1.05 bits per heavy atom. The second-order valence-corrected chi connectivity index (χ2v) is 4.88. The molecule has 0 unspecified atom stereocenters. The van der Waals surface area contributed by atoms with Crippen LogP contribution in [0.25, 0.3) is 11.3 Å². The van der Waals surface area contributed by atoms with E-state index >= 15 is 0 Å². The second-order valence-electron chi connectivity index (χ2n) is 4.88. The third kappa shape index (κ3) is 2.82. The minimum atomic E-state index is 0.700. The van der Waals surface area contributed by atoms with Gasteiger partial charge in [-0.05, 0) is 18.2 Å². The van der Waals surface area contributed by atoms with Gasteiger partial charge in [0.25, 0.3) is 0 Å². The zero-order valence-electron chi connectivity index (χ0n) is 12.8. The van der Waals surface area contributed by atoms with Crippen LogP contribution in [-0.2, 0) is 4.74 Å². The maximum absolute atomic E-state index is 5.45. The Morgan fingerprint density at radius 2 is 1.73 bits per heavy atom. The molecule has 2 aromatic rings. The summed E-state index contributed by atoms with van der Waals surface area (Å²) in [5.41, 5.74) is 1.62. The van der Waals surface area contributed by atoms with Gasteiger partial charge in [0, 0.05) is 19.3 Å². The summed E-state index contributed by atoms with van der Waals surface area (Å²) < 4.78 is 16.3. The van der Waals surface area contributed by atoms with Crippen LogP contribution in [0.1, 0.15) is 0 Å². The predicted octanol–water partition coefficient (Wildman–Crippen LogP) is 2.00. The fourth-order valence-electron chi connectivity index (χ4n) is 2.51. The summed E-state index contributed by atoms with van der Waals surface area (Å²) in [5.74, 6) is 2.16. The maximum Gasteiger partial charge on any atom is 0.226 e. The zero-order chi connectivity index (χ0) is 15.4. The normalized spacial score (nSPS) is 14.7. The van der Waals surface area contributed by atoms with E-state index in [1.807, 2.05) is 24.3 Å². The van der Waals surface area contributed by atoms with Gasteiger partial charge in [-0.1, -0.05) is 6.07 Å². The molecule has 0 bridgehead atoms. The maximum atomic E-state index is 5.45. The van der Waals surface area contributed by atoms with E-state index in [1.165, 1.54) is 0 Å². The summed E-state index contributed by atoms with van der Waals surface area (Å²) in [5, 5.41) is 0. The van der Waals surface area contributed by atoms with Gasteiger partial charge < -0.3 is 19.1 Å². The van der Waals surface area contributed by atoms with Gasteiger partial charge in [0.1, 0.15) is 11.5 Å². The van der Waals surface area contributed by atoms with E-state index in [0.717, 1.165) is 35.8 Å². The van der Waals surface area contributed by atoms with E-state index < -0.39 is 0 Å². The fourth-order valence-corrected chi connectivity index (χ4v) is 2.51. The molecule has 0 spiro atoms. The Labute approximate surface area is 129 Å². The third-order valence-corrected chi connectivity index (χ3v) is 3.62. The molecule has 1 fully saturated rings. The Balaban J connectivity index is 2.02. The lowest BCUT2D eigenvalue weighted by atomic mass is 10.1. The van der Waals surface area contributed by atoms with Gasteiger partial charge in [-0.2, -0.15) is 0 Å². The lowest BCUT2D eigenvalue weighted by Gasteiger charge is -2.27. The van der Waals surface area contributed by atoms with Crippen LogP contribution in [0, 0.1) is 0 Å². The monoisotopic (exact) mass is 301 g/mol. The molecule has 0 N–H and O–H groups in total. The Hall–Kier alpha value is -2.34. The van der Waals surface area contributed by atoms with Crippen LogP contribution in [0.4, 0.5) is 5.95 Å². The zero-order valence-corrected chi connectivity index (χ0v) is 12.8. The second kappa shape index (κ2) is 6.62. The highest BCUT2D eigenvalue weighted by molar-refractivity contribution is 5.74. The number of nitrogens with zero attached hydrogens (tertiary/aromatic N) is 3. The van der Waals surface area contributed by atoms with Crippen molar-refractivity contribution in [2.75, 3.05) is 45.4 Å². The first-order valence-electron chi connectivity index (χ1n) is 7.20. The fraction of sp³-hybridized carbons (Fsp3) is 0.375. The molecular formula is C16H19N3O3. The molecule has 0 saturated carbocycles. The van der Waals surface area contributed by atoms with Crippen LogP contribution in [0.3, 0.4) is 0 Å². The number of benzene rings is 1. The molecule has 1 saturated heterocycles. The summed E-state index contributed by atoms with van der Waals surface area (Å²) in [6.07, 6.45) is 1.76. The van der Waals surface area contributed by atoms with E-state index in [4.69, 9.17) is 14.2 Å². The minimum Gasteiger partial charge on any atom is -0.496 e. The summed E-state index contributed by atoms with van der Waals surface area (Å²) in [6.45, 7) is 3.00. The average molecular weight is 301 g/mol. The van der Waals surface area contributed by atoms with Gasteiger partial charge in [-0.25, -0.2) is 9.97 Å². The van der Waals surface area contributed by atoms with Gasteiger partial charge in [-0.15, -0.1) is 0 Å². The highest BCUT2D eigenvalue weighted by Gasteiger charge is 2.18. The number of anilines is 1. The van der Waals surface area contributed by atoms with Crippen LogP contribution >= 0.6 is 0 Å². The lowest BCUT2D eigenvalue weighted by Crippen LogP contribution is -2.37. The average Bonchev–Trinajstić information content (AvgIpc) is 2.61. The highest BCUT2D eigenvalue weighted by atomic mass is 16.5. The number of ether oxygens (including phenoxy) is 3. The van der Waals surface area contributed by atoms with E-state index in [9.17, 15) is 0 Å². The van der Waals surface area contributed by atoms with Gasteiger partial charge in [0.05, 0.1) is 38.7 Å². The van der Waals surface area contributed by atoms with Crippen molar-refractivity contribution in [2.24, 2.45) is 0 Å². The lowest BCUT2D eigenvalue weighted by molar-refractivity contribution is 0.122. The minimum absolute atomic E-state index is 0.700. The Morgan fingerprint density at radius 3 is 2.36 bits per heavy atom. The van der Waals surface area contributed by atoms with Crippen LogP contribution < -0.4 is 14.4 Å². The van der Waals surface area contributed by atoms with E-state index in [-0.39, 0.29) is 0 Å². The molecular weight excluding hydrogens is 282 g/mol. The number of methoxy groups -OCH3 is 2. The predicted molar refractivity (Wildman–Crippen MR) is 83.6 cm³/mol. The molecule has 0 amide bonds. The first-order valence-corrected chi connectivity index (χ1v) is 7.20. The summed E-state index contributed by atoms with van der Waals surface area (Å²) in [4.78, 5) is 11.2. The molecule has 6 heteroatoms. The van der Waals surface area contributed by atoms with Gasteiger partial charge in [0.2, 0.25) is 5.95 Å². The van der Waals surface area contributed by atoms with Gasteiger partial charge in [-0.3, -0.25) is 0 Å². The van der Waals surface area contributed by atoms with Crippen LogP contribution in [-0.4, -0.2) is 50.5 Å². The third-order valence-electron chi connectivity index (χ3n) is 3.62. The molecule has 6 nitrogen and oxygen atoms in total. The van der Waals surface area contributed by atoms with E-state index in [0.29, 0.717) is 19.2 Å². The SMILES string of the molecule is COc1cccc(OC)c1-c1ccnc(N2CCOCC2)n1. The molecule has 1 aliphatic heterocycles. The molecule has 1 aliphatic rings. The summed E-state index contributed by atoms with van der Waals surface area (Å²) in [7, 11) is 3.28. The molecule has 116 valence electrons. The summed E-state index contributed by atoms with van der Waals surface area (Å²) in [6, 6.07) is 7.55. The number of hydrogen-bond acceptors (Lipinski definition) is 6. The smallest absolute Gasteiger partial charge is 0.226 e. The van der Waals surface area contributed by atoms with Crippen molar-refractivity contribution < 1.29 is 14.2 Å². The summed E-state index contributed by atoms with van der Waals surface area (Å²) >= 11 is 0. The first-order chi connectivity index (χ1) is 10.8. The molecule has 1 aromatic heterocycles. The molecule has 2 heterocycles. The number of morpholine rings is 1. The topological polar surface area (TPSA) is 56.7 Å². The Bertz CT molecular complexity index is 620. The van der Waals surface area contributed by atoms with E-state index in [1.54, 1.807) is 20.4 Å². The van der Waals surface area contributed by atoms with Crippen molar-refractivity contribution in [1.29, 1.82) is 0 Å². The van der Waals surface area contributed by atoms with Crippen molar-refractivity contribution in [2.45, 2.75) is 0 Å². The quantitative estimate of drug-likeness (QED) is 0.861. The molecule has 22 heavy (non-hydrogen) atoms. The van der Waals surface area contributed by atoms with E-state index in [2.05, 4.69) is 14.9 Å². The van der Waals surface area contributed by atoms with Crippen molar-refractivity contribution in [3.63, 3.8) is 0 Å². The van der Waals surface area contributed by atoms with Crippen molar-refractivity contribution in [1.82, 2.24) is 9.97 Å². The van der Waals surface area contributed by atoms with Gasteiger partial charge in [0.15, 0.2) is 0 Å². The van der Waals surface area contributed by atoms with Gasteiger partial charge >= 0.3 is 0 Å². The number of hydrogen-bond donors (Lipinski definition) is 0. The van der Waals surface area contributed by atoms with Crippen LogP contribution in [0.2, 0.25) is 0 Å². The standard InChI is InChI=1S/C16H19N3O3/c1-20-13-4-3-5-14(21-2)15(13)12-6-7-17-16(18-12)19-8-10-22-11-9-19/h3-7H,8-11H2,1-2H3. The Kier molecular flexibility index (Phi) is 4.39. The molecule has 0 atom stereocenters. The molecule has 3 rings (SSSR count). The van der Waals surface area contributed by atoms with Crippen molar-refractivity contribution in [3.05, 3.63) is 30.5 Å². The van der Waals surface area contributed by atoms with Crippen LogP contribution in [0.5, 0.6) is 11.5 Å². The number of aromatic nitrogens is 2. The van der Waals surface area contributed by atoms with Crippen molar-refractivity contribution in [3.8, 4) is 22.8 Å². The molecule has 0 aliphatic carbocycles. The first kappa shape index (κ1) is 14.6. The number of rotatable bonds is 4. The molecule has 0 radical (unpaired) electrons. The highest BCUT2D eigenvalue weighted by Crippen LogP contribution is 2.37. The largest absolute Gasteiger partial charge is 0.496 e.